The van der Waals surface area contributed by atoms with Crippen molar-refractivity contribution in [2.75, 3.05) is 32.7 Å². The summed E-state index contributed by atoms with van der Waals surface area (Å²) in [5.74, 6) is 0. The summed E-state index contributed by atoms with van der Waals surface area (Å²) >= 11 is 0. The van der Waals surface area contributed by atoms with E-state index in [9.17, 15) is 8.42 Å². The molecule has 1 fully saturated rings. The maximum absolute atomic E-state index is 11.3. The molecule has 0 aromatic heterocycles. The highest BCUT2D eigenvalue weighted by Crippen LogP contribution is 2.07. The molecule has 0 amide bonds. The zero-order valence-electron chi connectivity index (χ0n) is 7.94. The average molecular weight is 204 g/mol. The Balaban J connectivity index is 2.55. The van der Waals surface area contributed by atoms with Crippen LogP contribution < -0.4 is 0 Å². The van der Waals surface area contributed by atoms with Gasteiger partial charge in [0.25, 0.3) is 0 Å². The Morgan fingerprint density at radius 2 is 1.85 bits per heavy atom. The minimum Gasteiger partial charge on any atom is -0.301 e. The molecule has 0 bridgehead atoms. The lowest BCUT2D eigenvalue weighted by Gasteiger charge is -2.32. The highest BCUT2D eigenvalue weighted by molar-refractivity contribution is 7.92. The summed E-state index contributed by atoms with van der Waals surface area (Å²) in [5.41, 5.74) is 0. The van der Waals surface area contributed by atoms with Gasteiger partial charge in [0.05, 0.1) is 0 Å². The summed E-state index contributed by atoms with van der Waals surface area (Å²) in [4.78, 5) is 2.23. The van der Waals surface area contributed by atoms with E-state index in [-0.39, 0.29) is 0 Å². The number of likely N-dealkylation sites (N-methyl/N-ethyl adjacent to an activating group) is 1. The van der Waals surface area contributed by atoms with Gasteiger partial charge in [-0.15, -0.1) is 0 Å². The first-order valence-electron chi connectivity index (χ1n) is 4.45. The highest BCUT2D eigenvalue weighted by atomic mass is 32.2. The van der Waals surface area contributed by atoms with Gasteiger partial charge in [-0.1, -0.05) is 13.5 Å². The topological polar surface area (TPSA) is 40.6 Å². The van der Waals surface area contributed by atoms with Crippen LogP contribution >= 0.6 is 0 Å². The van der Waals surface area contributed by atoms with Crippen LogP contribution in [-0.4, -0.2) is 50.3 Å². The Hall–Kier alpha value is -0.390. The van der Waals surface area contributed by atoms with Crippen LogP contribution in [0.2, 0.25) is 0 Å². The lowest BCUT2D eigenvalue weighted by atomic mass is 10.4. The van der Waals surface area contributed by atoms with Gasteiger partial charge in [0.2, 0.25) is 10.0 Å². The van der Waals surface area contributed by atoms with Gasteiger partial charge in [-0.2, -0.15) is 4.31 Å². The van der Waals surface area contributed by atoms with Crippen LogP contribution in [0.1, 0.15) is 6.92 Å². The molecule has 0 aromatic rings. The maximum Gasteiger partial charge on any atom is 0.235 e. The molecule has 1 saturated heterocycles. The molecule has 13 heavy (non-hydrogen) atoms. The van der Waals surface area contributed by atoms with Gasteiger partial charge >= 0.3 is 0 Å². The largest absolute Gasteiger partial charge is 0.301 e. The van der Waals surface area contributed by atoms with E-state index < -0.39 is 10.0 Å². The molecule has 0 aromatic carbocycles. The molecule has 1 aliphatic rings. The van der Waals surface area contributed by atoms with Gasteiger partial charge < -0.3 is 4.90 Å². The van der Waals surface area contributed by atoms with E-state index >= 15 is 0 Å². The van der Waals surface area contributed by atoms with Crippen molar-refractivity contribution < 1.29 is 8.42 Å². The van der Waals surface area contributed by atoms with E-state index in [4.69, 9.17) is 0 Å². The van der Waals surface area contributed by atoms with Gasteiger partial charge in [0.1, 0.15) is 0 Å². The fraction of sp³-hybridized carbons (Fsp3) is 0.750. The predicted octanol–water partition coefficient (Wildman–Crippen LogP) is 0.0972. The summed E-state index contributed by atoms with van der Waals surface area (Å²) in [5, 5.41) is 1.02. The van der Waals surface area contributed by atoms with E-state index in [1.54, 1.807) is 0 Å². The monoisotopic (exact) mass is 204 g/mol. The molecule has 0 N–H and O–H groups in total. The second-order valence-corrected chi connectivity index (χ2v) is 4.92. The predicted molar refractivity (Wildman–Crippen MR) is 52.8 cm³/mol. The van der Waals surface area contributed by atoms with Gasteiger partial charge in [-0.3, -0.25) is 0 Å². The quantitative estimate of drug-likeness (QED) is 0.654. The number of nitrogens with zero attached hydrogens (tertiary/aromatic N) is 2. The van der Waals surface area contributed by atoms with Crippen LogP contribution in [0, 0.1) is 0 Å². The fourth-order valence-corrected chi connectivity index (χ4v) is 2.29. The number of hydrogen-bond acceptors (Lipinski definition) is 3. The molecule has 0 unspecified atom stereocenters. The van der Waals surface area contributed by atoms with Crippen LogP contribution in [0.4, 0.5) is 0 Å². The molecule has 0 spiro atoms. The average Bonchev–Trinajstić information content (AvgIpc) is 2.18. The van der Waals surface area contributed by atoms with Crippen LogP contribution in [0.3, 0.4) is 0 Å². The zero-order chi connectivity index (χ0) is 9.90. The second kappa shape index (κ2) is 4.21. The van der Waals surface area contributed by atoms with Crippen molar-refractivity contribution in [2.24, 2.45) is 0 Å². The van der Waals surface area contributed by atoms with E-state index in [0.29, 0.717) is 13.1 Å². The molecular formula is C8H16N2O2S. The highest BCUT2D eigenvalue weighted by Gasteiger charge is 2.23. The lowest BCUT2D eigenvalue weighted by molar-refractivity contribution is 0.197. The van der Waals surface area contributed by atoms with Gasteiger partial charge in [-0.25, -0.2) is 8.42 Å². The van der Waals surface area contributed by atoms with E-state index in [1.807, 2.05) is 0 Å². The third kappa shape index (κ3) is 2.52. The van der Waals surface area contributed by atoms with Gasteiger partial charge in [0, 0.05) is 31.6 Å². The SMILES string of the molecule is C=CS(=O)(=O)N1CCN(CC)CC1. The molecule has 1 aliphatic heterocycles. The first-order valence-corrected chi connectivity index (χ1v) is 5.95. The molecule has 0 saturated carbocycles. The third-order valence-corrected chi connectivity index (χ3v) is 3.86. The molecule has 5 heteroatoms. The van der Waals surface area contributed by atoms with E-state index in [0.717, 1.165) is 25.0 Å². The first-order chi connectivity index (χ1) is 6.10. The van der Waals surface area contributed by atoms with Crippen molar-refractivity contribution in [1.29, 1.82) is 0 Å². The molecule has 76 valence electrons. The number of piperazine rings is 1. The standard InChI is InChI=1S/C8H16N2O2S/c1-3-9-5-7-10(8-6-9)13(11,12)4-2/h4H,2-3,5-8H2,1H3. The Kier molecular flexibility index (Phi) is 3.47. The minimum atomic E-state index is -3.18. The Morgan fingerprint density at radius 3 is 2.23 bits per heavy atom. The smallest absolute Gasteiger partial charge is 0.235 e. The van der Waals surface area contributed by atoms with Crippen molar-refractivity contribution in [1.82, 2.24) is 9.21 Å². The van der Waals surface area contributed by atoms with Crippen molar-refractivity contribution in [3.05, 3.63) is 12.0 Å². The summed E-state index contributed by atoms with van der Waals surface area (Å²) < 4.78 is 24.2. The van der Waals surface area contributed by atoms with Crippen LogP contribution in [0.25, 0.3) is 0 Å². The van der Waals surface area contributed by atoms with E-state index in [2.05, 4.69) is 18.4 Å². The number of sulfonamides is 1. The minimum absolute atomic E-state index is 0.586. The second-order valence-electron chi connectivity index (χ2n) is 3.04. The molecule has 0 atom stereocenters. The molecule has 1 rings (SSSR count). The fourth-order valence-electron chi connectivity index (χ4n) is 1.41. The molecule has 0 aliphatic carbocycles. The summed E-state index contributed by atoms with van der Waals surface area (Å²) in [6, 6.07) is 0. The summed E-state index contributed by atoms with van der Waals surface area (Å²) in [6.07, 6.45) is 0. The lowest BCUT2D eigenvalue weighted by Crippen LogP contribution is -2.47. The normalized spacial score (nSPS) is 21.6. The third-order valence-electron chi connectivity index (χ3n) is 2.35. The summed E-state index contributed by atoms with van der Waals surface area (Å²) in [6.45, 7) is 9.19. The Morgan fingerprint density at radius 1 is 1.31 bits per heavy atom. The Bertz CT molecular complexity index is 266. The van der Waals surface area contributed by atoms with Crippen LogP contribution in [-0.2, 0) is 10.0 Å². The van der Waals surface area contributed by atoms with Crippen molar-refractivity contribution in [2.45, 2.75) is 6.92 Å². The van der Waals surface area contributed by atoms with Gasteiger partial charge in [-0.05, 0) is 6.54 Å². The summed E-state index contributed by atoms with van der Waals surface area (Å²) in [7, 11) is -3.18. The first kappa shape index (κ1) is 10.7. The maximum atomic E-state index is 11.3. The van der Waals surface area contributed by atoms with Crippen molar-refractivity contribution in [3.8, 4) is 0 Å². The van der Waals surface area contributed by atoms with Crippen molar-refractivity contribution >= 4 is 10.0 Å². The number of rotatable bonds is 3. The molecule has 1 heterocycles. The zero-order valence-corrected chi connectivity index (χ0v) is 8.76. The van der Waals surface area contributed by atoms with Gasteiger partial charge in [0.15, 0.2) is 0 Å². The molecule has 4 nitrogen and oxygen atoms in total. The molecular weight excluding hydrogens is 188 g/mol. The molecule has 0 radical (unpaired) electrons. The Labute approximate surface area is 79.9 Å². The van der Waals surface area contributed by atoms with Crippen molar-refractivity contribution in [3.63, 3.8) is 0 Å². The van der Waals surface area contributed by atoms with Crippen LogP contribution in [0.5, 0.6) is 0 Å². The van der Waals surface area contributed by atoms with Crippen LogP contribution in [0.15, 0.2) is 12.0 Å². The number of hydrogen-bond donors (Lipinski definition) is 0. The van der Waals surface area contributed by atoms with E-state index in [1.165, 1.54) is 4.31 Å².